The van der Waals surface area contributed by atoms with E-state index in [-0.39, 0.29) is 18.0 Å². The Kier molecular flexibility index (Phi) is 3.34. The first kappa shape index (κ1) is 11.7. The normalized spacial score (nSPS) is 23.3. The summed E-state index contributed by atoms with van der Waals surface area (Å²) in [5.74, 6) is 0.741. The third kappa shape index (κ3) is 2.42. The standard InChI is InChI=1S/C13H14N2O2S/c16-12(14-10-6-17-7-10)11-8-18-13(15-11)9-4-2-1-3-5-9/h1-5,10-11H,6-8H2,(H,14,16). The number of amides is 1. The first-order valence-corrected chi connectivity index (χ1v) is 6.95. The predicted molar refractivity (Wildman–Crippen MR) is 72.0 cm³/mol. The number of ether oxygens (including phenoxy) is 1. The maximum absolute atomic E-state index is 11.9. The maximum Gasteiger partial charge on any atom is 0.246 e. The highest BCUT2D eigenvalue weighted by atomic mass is 32.2. The molecular formula is C13H14N2O2S. The molecule has 0 aromatic heterocycles. The van der Waals surface area contributed by atoms with Crippen LogP contribution in [0.5, 0.6) is 0 Å². The van der Waals surface area contributed by atoms with Gasteiger partial charge in [-0.2, -0.15) is 0 Å². The van der Waals surface area contributed by atoms with Crippen LogP contribution >= 0.6 is 11.8 Å². The van der Waals surface area contributed by atoms with Crippen molar-refractivity contribution in [2.75, 3.05) is 19.0 Å². The molecule has 0 spiro atoms. The molecule has 4 nitrogen and oxygen atoms in total. The minimum atomic E-state index is -0.259. The molecule has 1 aromatic rings. The number of hydrogen-bond donors (Lipinski definition) is 1. The second-order valence-electron chi connectivity index (χ2n) is 4.37. The summed E-state index contributed by atoms with van der Waals surface area (Å²) in [7, 11) is 0. The summed E-state index contributed by atoms with van der Waals surface area (Å²) in [5.41, 5.74) is 1.09. The van der Waals surface area contributed by atoms with Crippen molar-refractivity contribution in [1.82, 2.24) is 5.32 Å². The van der Waals surface area contributed by atoms with Crippen molar-refractivity contribution in [3.05, 3.63) is 35.9 Å². The highest BCUT2D eigenvalue weighted by Crippen LogP contribution is 2.23. The molecule has 1 fully saturated rings. The molecule has 0 bridgehead atoms. The molecule has 2 aliphatic rings. The van der Waals surface area contributed by atoms with Crippen LogP contribution in [-0.4, -0.2) is 42.0 Å². The molecule has 1 unspecified atom stereocenters. The van der Waals surface area contributed by atoms with Gasteiger partial charge in [-0.3, -0.25) is 9.79 Å². The van der Waals surface area contributed by atoms with E-state index in [1.165, 1.54) is 0 Å². The van der Waals surface area contributed by atoms with Crippen LogP contribution in [0.3, 0.4) is 0 Å². The highest BCUT2D eigenvalue weighted by Gasteiger charge is 2.29. The van der Waals surface area contributed by atoms with E-state index in [0.29, 0.717) is 13.2 Å². The second-order valence-corrected chi connectivity index (χ2v) is 5.38. The molecule has 5 heteroatoms. The van der Waals surface area contributed by atoms with E-state index >= 15 is 0 Å². The van der Waals surface area contributed by atoms with Crippen LogP contribution in [0.2, 0.25) is 0 Å². The summed E-state index contributed by atoms with van der Waals surface area (Å²) in [5, 5.41) is 3.90. The zero-order valence-corrected chi connectivity index (χ0v) is 10.7. The van der Waals surface area contributed by atoms with Gasteiger partial charge in [0.15, 0.2) is 0 Å². The van der Waals surface area contributed by atoms with E-state index in [0.717, 1.165) is 16.4 Å². The van der Waals surface area contributed by atoms with Crippen molar-refractivity contribution in [3.8, 4) is 0 Å². The topological polar surface area (TPSA) is 50.7 Å². The van der Waals surface area contributed by atoms with Gasteiger partial charge in [0, 0.05) is 11.3 Å². The van der Waals surface area contributed by atoms with Crippen LogP contribution in [0, 0.1) is 0 Å². The Morgan fingerprint density at radius 1 is 1.33 bits per heavy atom. The number of carbonyl (C=O) groups excluding carboxylic acids is 1. The van der Waals surface area contributed by atoms with E-state index in [4.69, 9.17) is 4.74 Å². The van der Waals surface area contributed by atoms with Crippen LogP contribution < -0.4 is 5.32 Å². The third-order valence-electron chi connectivity index (χ3n) is 2.96. The van der Waals surface area contributed by atoms with E-state index in [9.17, 15) is 4.79 Å². The molecule has 0 radical (unpaired) electrons. The lowest BCUT2D eigenvalue weighted by Crippen LogP contribution is -2.51. The van der Waals surface area contributed by atoms with Gasteiger partial charge < -0.3 is 10.1 Å². The zero-order valence-electron chi connectivity index (χ0n) is 9.83. The summed E-state index contributed by atoms with van der Waals surface area (Å²) in [6, 6.07) is 9.90. The second kappa shape index (κ2) is 5.12. The number of thioether (sulfide) groups is 1. The molecule has 18 heavy (non-hydrogen) atoms. The SMILES string of the molecule is O=C(NC1COC1)C1CSC(c2ccccc2)=N1. The first-order chi connectivity index (χ1) is 8.83. The van der Waals surface area contributed by atoms with Gasteiger partial charge >= 0.3 is 0 Å². The zero-order chi connectivity index (χ0) is 12.4. The van der Waals surface area contributed by atoms with Crippen LogP contribution in [-0.2, 0) is 9.53 Å². The Morgan fingerprint density at radius 3 is 2.78 bits per heavy atom. The van der Waals surface area contributed by atoms with Crippen LogP contribution in [0.4, 0.5) is 0 Å². The Balaban J connectivity index is 1.65. The Labute approximate surface area is 110 Å². The van der Waals surface area contributed by atoms with E-state index in [2.05, 4.69) is 10.3 Å². The van der Waals surface area contributed by atoms with Gasteiger partial charge in [0.05, 0.1) is 24.3 Å². The fraction of sp³-hybridized carbons (Fsp3) is 0.385. The van der Waals surface area contributed by atoms with E-state index in [1.807, 2.05) is 30.3 Å². The Hall–Kier alpha value is -1.33. The van der Waals surface area contributed by atoms with Gasteiger partial charge in [-0.1, -0.05) is 30.3 Å². The summed E-state index contributed by atoms with van der Waals surface area (Å²) in [6.07, 6.45) is 0. The molecule has 94 valence electrons. The molecular weight excluding hydrogens is 248 g/mol. The minimum absolute atomic E-state index is 0.0155. The average molecular weight is 262 g/mol. The van der Waals surface area contributed by atoms with Crippen molar-refractivity contribution in [1.29, 1.82) is 0 Å². The predicted octanol–water partition coefficient (Wildman–Crippen LogP) is 1.06. The fourth-order valence-electron chi connectivity index (χ4n) is 1.86. The number of carbonyl (C=O) groups is 1. The molecule has 0 aliphatic carbocycles. The molecule has 1 aromatic carbocycles. The molecule has 0 saturated carbocycles. The molecule has 1 saturated heterocycles. The van der Waals surface area contributed by atoms with E-state index < -0.39 is 0 Å². The molecule has 2 heterocycles. The number of nitrogens with one attached hydrogen (secondary N) is 1. The number of benzene rings is 1. The molecule has 1 N–H and O–H groups in total. The largest absolute Gasteiger partial charge is 0.377 e. The van der Waals surface area contributed by atoms with Crippen molar-refractivity contribution in [2.45, 2.75) is 12.1 Å². The fourth-order valence-corrected chi connectivity index (χ4v) is 2.91. The first-order valence-electron chi connectivity index (χ1n) is 5.97. The van der Waals surface area contributed by atoms with Gasteiger partial charge in [-0.05, 0) is 0 Å². The van der Waals surface area contributed by atoms with Crippen LogP contribution in [0.15, 0.2) is 35.3 Å². The van der Waals surface area contributed by atoms with Crippen molar-refractivity contribution in [3.63, 3.8) is 0 Å². The molecule has 3 rings (SSSR count). The van der Waals surface area contributed by atoms with E-state index in [1.54, 1.807) is 11.8 Å². The molecule has 2 aliphatic heterocycles. The summed E-state index contributed by atoms with van der Waals surface area (Å²) < 4.78 is 5.03. The number of hydrogen-bond acceptors (Lipinski definition) is 4. The van der Waals surface area contributed by atoms with Gasteiger partial charge in [0.2, 0.25) is 5.91 Å². The third-order valence-corrected chi connectivity index (χ3v) is 4.06. The monoisotopic (exact) mass is 262 g/mol. The average Bonchev–Trinajstić information content (AvgIpc) is 2.84. The number of aliphatic imine (C=N–C) groups is 1. The van der Waals surface area contributed by atoms with Gasteiger partial charge in [0.1, 0.15) is 6.04 Å². The van der Waals surface area contributed by atoms with Crippen LogP contribution in [0.25, 0.3) is 0 Å². The van der Waals surface area contributed by atoms with Gasteiger partial charge in [-0.25, -0.2) is 0 Å². The summed E-state index contributed by atoms with van der Waals surface area (Å²) in [4.78, 5) is 16.4. The quantitative estimate of drug-likeness (QED) is 0.886. The van der Waals surface area contributed by atoms with Crippen molar-refractivity contribution in [2.24, 2.45) is 4.99 Å². The lowest BCUT2D eigenvalue weighted by Gasteiger charge is -2.27. The number of nitrogens with zero attached hydrogens (tertiary/aromatic N) is 1. The van der Waals surface area contributed by atoms with Crippen molar-refractivity contribution >= 4 is 22.7 Å². The molecule has 1 amide bonds. The van der Waals surface area contributed by atoms with Gasteiger partial charge in [-0.15, -0.1) is 11.8 Å². The maximum atomic E-state index is 11.9. The lowest BCUT2D eigenvalue weighted by atomic mass is 10.2. The smallest absolute Gasteiger partial charge is 0.246 e. The van der Waals surface area contributed by atoms with Crippen LogP contribution in [0.1, 0.15) is 5.56 Å². The number of rotatable bonds is 3. The summed E-state index contributed by atoms with van der Waals surface area (Å²) >= 11 is 1.64. The Bertz CT molecular complexity index is 471. The minimum Gasteiger partial charge on any atom is -0.377 e. The lowest BCUT2D eigenvalue weighted by molar-refractivity contribution is -0.125. The highest BCUT2D eigenvalue weighted by molar-refractivity contribution is 8.14. The van der Waals surface area contributed by atoms with Gasteiger partial charge in [0.25, 0.3) is 0 Å². The molecule has 1 atom stereocenters. The summed E-state index contributed by atoms with van der Waals surface area (Å²) in [6.45, 7) is 1.25. The van der Waals surface area contributed by atoms with Crippen molar-refractivity contribution < 1.29 is 9.53 Å². The Morgan fingerprint density at radius 2 is 2.11 bits per heavy atom.